The molecule has 0 aliphatic carbocycles. The van der Waals surface area contributed by atoms with Crippen molar-refractivity contribution in [1.82, 2.24) is 10.2 Å². The van der Waals surface area contributed by atoms with Gasteiger partial charge in [-0.25, -0.2) is 12.8 Å². The summed E-state index contributed by atoms with van der Waals surface area (Å²) >= 11 is 0. The summed E-state index contributed by atoms with van der Waals surface area (Å²) in [5.74, 6) is -1.59. The number of likely N-dealkylation sites (N-methyl/N-ethyl adjacent to an activating group) is 1. The number of sulfonamides is 1. The third-order valence-electron chi connectivity index (χ3n) is 4.66. The summed E-state index contributed by atoms with van der Waals surface area (Å²) in [5.41, 5.74) is 1.88. The van der Waals surface area contributed by atoms with Gasteiger partial charge >= 0.3 is 0 Å². The molecule has 2 rings (SSSR count). The Labute approximate surface area is 176 Å². The third kappa shape index (κ3) is 6.03. The fourth-order valence-electron chi connectivity index (χ4n) is 2.93. The third-order valence-corrected chi connectivity index (χ3v) is 5.80. The Balaban J connectivity index is 2.36. The van der Waals surface area contributed by atoms with Crippen LogP contribution in [0.4, 0.5) is 10.1 Å². The van der Waals surface area contributed by atoms with Crippen LogP contribution in [0.5, 0.6) is 0 Å². The van der Waals surface area contributed by atoms with Crippen LogP contribution >= 0.6 is 0 Å². The Hall–Kier alpha value is -2.94. The zero-order valence-electron chi connectivity index (χ0n) is 17.4. The van der Waals surface area contributed by atoms with E-state index in [4.69, 9.17) is 0 Å². The molecule has 0 bridgehead atoms. The molecule has 7 nitrogen and oxygen atoms in total. The number of benzene rings is 2. The molecule has 0 spiro atoms. The van der Waals surface area contributed by atoms with E-state index < -0.39 is 34.3 Å². The number of carbonyl (C=O) groups is 2. The number of aryl methyl sites for hydroxylation is 1. The van der Waals surface area contributed by atoms with Crippen molar-refractivity contribution in [3.63, 3.8) is 0 Å². The van der Waals surface area contributed by atoms with E-state index in [2.05, 4.69) is 5.32 Å². The van der Waals surface area contributed by atoms with Gasteiger partial charge in [0.25, 0.3) is 0 Å². The zero-order chi connectivity index (χ0) is 22.5. The molecule has 0 radical (unpaired) electrons. The van der Waals surface area contributed by atoms with Gasteiger partial charge in [-0.05, 0) is 37.6 Å². The van der Waals surface area contributed by atoms with Crippen LogP contribution in [0.2, 0.25) is 0 Å². The van der Waals surface area contributed by atoms with Gasteiger partial charge in [-0.15, -0.1) is 0 Å². The predicted octanol–water partition coefficient (Wildman–Crippen LogP) is 2.06. The number of carbonyl (C=O) groups excluding carboxylic acids is 2. The highest BCUT2D eigenvalue weighted by Gasteiger charge is 2.29. The van der Waals surface area contributed by atoms with Crippen LogP contribution in [0.25, 0.3) is 0 Å². The summed E-state index contributed by atoms with van der Waals surface area (Å²) in [4.78, 5) is 26.7. The molecule has 0 aliphatic heterocycles. The SMILES string of the molecule is CNC(=O)[C@H](C)N(Cc1ccc(C)cc1)C(=O)CN(c1cccc(F)c1)S(C)(=O)=O. The number of anilines is 1. The molecule has 0 aromatic heterocycles. The van der Waals surface area contributed by atoms with E-state index in [1.807, 2.05) is 31.2 Å². The van der Waals surface area contributed by atoms with Crippen LogP contribution in [-0.2, 0) is 26.2 Å². The summed E-state index contributed by atoms with van der Waals surface area (Å²) in [5, 5.41) is 2.50. The van der Waals surface area contributed by atoms with Crippen molar-refractivity contribution < 1.29 is 22.4 Å². The molecule has 30 heavy (non-hydrogen) atoms. The first-order valence-electron chi connectivity index (χ1n) is 9.33. The molecule has 0 aliphatic rings. The smallest absolute Gasteiger partial charge is 0.244 e. The van der Waals surface area contributed by atoms with Crippen molar-refractivity contribution in [1.29, 1.82) is 0 Å². The number of nitrogens with one attached hydrogen (secondary N) is 1. The van der Waals surface area contributed by atoms with Gasteiger partial charge in [0.2, 0.25) is 21.8 Å². The van der Waals surface area contributed by atoms with E-state index >= 15 is 0 Å². The second kappa shape index (κ2) is 9.71. The van der Waals surface area contributed by atoms with Gasteiger partial charge in [-0.1, -0.05) is 35.9 Å². The first kappa shape index (κ1) is 23.3. The fraction of sp³-hybridized carbons (Fsp3) is 0.333. The van der Waals surface area contributed by atoms with Crippen LogP contribution in [0.3, 0.4) is 0 Å². The largest absolute Gasteiger partial charge is 0.357 e. The lowest BCUT2D eigenvalue weighted by atomic mass is 10.1. The molecular formula is C21H26FN3O4S. The molecule has 1 N–H and O–H groups in total. The lowest BCUT2D eigenvalue weighted by Gasteiger charge is -2.31. The van der Waals surface area contributed by atoms with Crippen molar-refractivity contribution in [3.05, 3.63) is 65.5 Å². The molecule has 2 aromatic carbocycles. The monoisotopic (exact) mass is 435 g/mol. The van der Waals surface area contributed by atoms with Gasteiger partial charge in [-0.3, -0.25) is 13.9 Å². The van der Waals surface area contributed by atoms with Crippen molar-refractivity contribution in [2.45, 2.75) is 26.4 Å². The number of hydrogen-bond donors (Lipinski definition) is 1. The van der Waals surface area contributed by atoms with Crippen LogP contribution in [0.15, 0.2) is 48.5 Å². The molecule has 0 fully saturated rings. The molecule has 0 saturated carbocycles. The van der Waals surface area contributed by atoms with Crippen molar-refractivity contribution in [2.75, 3.05) is 24.2 Å². The molecule has 0 saturated heterocycles. The fourth-order valence-corrected chi connectivity index (χ4v) is 3.77. The van der Waals surface area contributed by atoms with Gasteiger partial charge in [0, 0.05) is 13.6 Å². The van der Waals surface area contributed by atoms with Crippen molar-refractivity contribution in [2.24, 2.45) is 0 Å². The Morgan fingerprint density at radius 2 is 1.77 bits per heavy atom. The topological polar surface area (TPSA) is 86.8 Å². The molecular weight excluding hydrogens is 409 g/mol. The Morgan fingerprint density at radius 3 is 2.30 bits per heavy atom. The Kier molecular flexibility index (Phi) is 7.55. The van der Waals surface area contributed by atoms with E-state index in [-0.39, 0.29) is 18.1 Å². The van der Waals surface area contributed by atoms with E-state index in [0.29, 0.717) is 0 Å². The Bertz CT molecular complexity index is 1010. The molecule has 1 atom stereocenters. The molecule has 162 valence electrons. The van der Waals surface area contributed by atoms with Crippen LogP contribution in [0, 0.1) is 12.7 Å². The molecule has 0 heterocycles. The summed E-state index contributed by atoms with van der Waals surface area (Å²) < 4.78 is 39.1. The highest BCUT2D eigenvalue weighted by molar-refractivity contribution is 7.92. The minimum absolute atomic E-state index is 0.0359. The summed E-state index contributed by atoms with van der Waals surface area (Å²) in [6, 6.07) is 11.6. The average Bonchev–Trinajstić information content (AvgIpc) is 2.69. The van der Waals surface area contributed by atoms with E-state index in [1.54, 1.807) is 6.92 Å². The number of halogens is 1. The highest BCUT2D eigenvalue weighted by Crippen LogP contribution is 2.20. The first-order valence-corrected chi connectivity index (χ1v) is 11.2. The maximum atomic E-state index is 13.6. The van der Waals surface area contributed by atoms with Crippen LogP contribution in [-0.4, -0.2) is 51.0 Å². The maximum absolute atomic E-state index is 13.6. The minimum atomic E-state index is -3.87. The number of rotatable bonds is 8. The predicted molar refractivity (Wildman–Crippen MR) is 114 cm³/mol. The van der Waals surface area contributed by atoms with E-state index in [9.17, 15) is 22.4 Å². The van der Waals surface area contributed by atoms with Gasteiger partial charge in [0.15, 0.2) is 0 Å². The van der Waals surface area contributed by atoms with E-state index in [1.165, 1.54) is 30.1 Å². The number of hydrogen-bond acceptors (Lipinski definition) is 4. The standard InChI is InChI=1S/C21H26FN3O4S/c1-15-8-10-17(11-9-15)13-24(16(2)21(27)23-3)20(26)14-25(30(4,28)29)19-7-5-6-18(22)12-19/h5-12,16H,13-14H2,1-4H3,(H,23,27)/t16-/m0/s1. The zero-order valence-corrected chi connectivity index (χ0v) is 18.2. The van der Waals surface area contributed by atoms with E-state index in [0.717, 1.165) is 27.8 Å². The highest BCUT2D eigenvalue weighted by atomic mass is 32.2. The second-order valence-electron chi connectivity index (χ2n) is 7.05. The summed E-state index contributed by atoms with van der Waals surface area (Å²) in [6.07, 6.45) is 0.942. The van der Waals surface area contributed by atoms with Crippen molar-refractivity contribution >= 4 is 27.5 Å². The second-order valence-corrected chi connectivity index (χ2v) is 8.95. The lowest BCUT2D eigenvalue weighted by Crippen LogP contribution is -2.50. The van der Waals surface area contributed by atoms with Gasteiger partial charge in [0.1, 0.15) is 18.4 Å². The quantitative estimate of drug-likeness (QED) is 0.688. The van der Waals surface area contributed by atoms with Crippen molar-refractivity contribution in [3.8, 4) is 0 Å². The summed E-state index contributed by atoms with van der Waals surface area (Å²) in [7, 11) is -2.41. The van der Waals surface area contributed by atoms with Crippen LogP contribution in [0.1, 0.15) is 18.1 Å². The Morgan fingerprint density at radius 1 is 1.13 bits per heavy atom. The number of nitrogens with zero attached hydrogens (tertiary/aromatic N) is 2. The molecule has 0 unspecified atom stereocenters. The van der Waals surface area contributed by atoms with Gasteiger partial charge in [-0.2, -0.15) is 0 Å². The molecule has 9 heteroatoms. The summed E-state index contributed by atoms with van der Waals surface area (Å²) in [6.45, 7) is 3.06. The minimum Gasteiger partial charge on any atom is -0.357 e. The lowest BCUT2D eigenvalue weighted by molar-refractivity contribution is -0.139. The van der Waals surface area contributed by atoms with Crippen LogP contribution < -0.4 is 9.62 Å². The van der Waals surface area contributed by atoms with Gasteiger partial charge in [0.05, 0.1) is 11.9 Å². The first-order chi connectivity index (χ1) is 14.0. The maximum Gasteiger partial charge on any atom is 0.244 e. The average molecular weight is 436 g/mol. The normalized spacial score (nSPS) is 12.2. The molecule has 2 amide bonds. The van der Waals surface area contributed by atoms with Gasteiger partial charge < -0.3 is 10.2 Å². The molecule has 2 aromatic rings. The number of amides is 2.